The molecule has 0 N–H and O–H groups in total. The fraction of sp³-hybridized carbons (Fsp3) is 0.684. The Bertz CT molecular complexity index is 399. The van der Waals surface area contributed by atoms with Crippen molar-refractivity contribution < 1.29 is 24.8 Å². The maximum atomic E-state index is 5.46. The van der Waals surface area contributed by atoms with E-state index >= 15 is 0 Å². The summed E-state index contributed by atoms with van der Waals surface area (Å²) in [7, 11) is 0.0990. The van der Waals surface area contributed by atoms with Crippen LogP contribution in [-0.2, 0) is 26.8 Å². The number of rotatable bonds is 5. The average molecular weight is 411 g/mol. The Labute approximate surface area is 150 Å². The van der Waals surface area contributed by atoms with Crippen LogP contribution in [0.1, 0.15) is 70.0 Å². The van der Waals surface area contributed by atoms with Gasteiger partial charge in [0.2, 0.25) is 0 Å². The van der Waals surface area contributed by atoms with Gasteiger partial charge in [-0.15, -0.1) is 0 Å². The van der Waals surface area contributed by atoms with Gasteiger partial charge in [0.15, 0.2) is 0 Å². The van der Waals surface area contributed by atoms with Crippen molar-refractivity contribution in [3.63, 3.8) is 0 Å². The Morgan fingerprint density at radius 3 is 2.05 bits per heavy atom. The fourth-order valence-corrected chi connectivity index (χ4v) is 7.37. The molecule has 1 aromatic heterocycles. The second-order valence-electron chi connectivity index (χ2n) is 6.70. The molecule has 2 fully saturated rings. The first kappa shape index (κ1) is 18.5. The molecule has 22 heavy (non-hydrogen) atoms. The fourth-order valence-electron chi connectivity index (χ4n) is 4.02. The van der Waals surface area contributed by atoms with Crippen LogP contribution in [-0.4, -0.2) is 11.3 Å². The van der Waals surface area contributed by atoms with Gasteiger partial charge in [-0.3, -0.25) is 0 Å². The van der Waals surface area contributed by atoms with Crippen molar-refractivity contribution in [1.82, 2.24) is 0 Å². The maximum absolute atomic E-state index is 5.46. The molecular weight excluding hydrogens is 382 g/mol. The molecule has 0 aliphatic heterocycles. The van der Waals surface area contributed by atoms with E-state index in [0.717, 1.165) is 23.5 Å². The quantitative estimate of drug-likeness (QED) is 0.400. The number of hydrogen-bond acceptors (Lipinski definition) is 1. The molecule has 0 unspecified atom stereocenters. The summed E-state index contributed by atoms with van der Waals surface area (Å²) in [5.74, 6) is 3.73. The van der Waals surface area contributed by atoms with Gasteiger partial charge < -0.3 is 4.42 Å². The molecule has 0 aromatic carbocycles. The van der Waals surface area contributed by atoms with E-state index in [9.17, 15) is 0 Å². The van der Waals surface area contributed by atoms with Crippen LogP contribution in [0.5, 0.6) is 0 Å². The van der Waals surface area contributed by atoms with Gasteiger partial charge in [0.05, 0.1) is 6.26 Å². The molecule has 126 valence electrons. The summed E-state index contributed by atoms with van der Waals surface area (Å²) in [6.07, 6.45) is 20.0. The summed E-state index contributed by atoms with van der Waals surface area (Å²) in [5, 5.41) is 0. The number of allylic oxidation sites excluding steroid dienone is 1. The van der Waals surface area contributed by atoms with E-state index in [1.807, 2.05) is 6.07 Å². The zero-order valence-corrected chi connectivity index (χ0v) is 15.9. The molecule has 0 spiro atoms. The minimum Gasteiger partial charge on any atom is -0.469 e. The molecule has 0 amide bonds. The molecule has 2 aliphatic rings. The summed E-state index contributed by atoms with van der Waals surface area (Å²) < 4.78 is 5.46. The molecule has 1 heterocycles. The van der Waals surface area contributed by atoms with Crippen LogP contribution in [0.25, 0.3) is 0 Å². The van der Waals surface area contributed by atoms with Crippen LogP contribution in [0.4, 0.5) is 0 Å². The molecular formula is C19H29OPPd. The first-order valence-corrected chi connectivity index (χ1v) is 10.4. The monoisotopic (exact) mass is 410 g/mol. The smallest absolute Gasteiger partial charge is 0.107 e. The molecule has 0 radical (unpaired) electrons. The van der Waals surface area contributed by atoms with Gasteiger partial charge in [-0.1, -0.05) is 58.3 Å². The third-order valence-corrected chi connectivity index (χ3v) is 8.44. The second-order valence-corrected chi connectivity index (χ2v) is 9.35. The Kier molecular flexibility index (Phi) is 8.45. The van der Waals surface area contributed by atoms with Gasteiger partial charge in [-0.2, -0.15) is 0 Å². The van der Waals surface area contributed by atoms with Crippen molar-refractivity contribution in [3.8, 4) is 0 Å². The summed E-state index contributed by atoms with van der Waals surface area (Å²) in [4.78, 5) is 0. The van der Waals surface area contributed by atoms with Crippen molar-refractivity contribution in [2.75, 3.05) is 0 Å². The third-order valence-electron chi connectivity index (χ3n) is 5.17. The van der Waals surface area contributed by atoms with Crippen LogP contribution < -0.4 is 0 Å². The van der Waals surface area contributed by atoms with Crippen LogP contribution >= 0.6 is 7.92 Å². The predicted octanol–water partition coefficient (Wildman–Crippen LogP) is 6.48. The predicted molar refractivity (Wildman–Crippen MR) is 92.2 cm³/mol. The Morgan fingerprint density at radius 1 is 0.955 bits per heavy atom. The molecule has 2 saturated carbocycles. The molecule has 1 aromatic rings. The maximum Gasteiger partial charge on any atom is 0.107 e. The molecule has 3 rings (SSSR count). The standard InChI is InChI=1S/C19H29OP.Pd/c1-3-11-18(12-4-1)21(19-13-5-2-6-14-19)16-8-10-17-9-7-15-20-17;/h7-9,15-16,18-19H,1-6,10-14H2;. The second kappa shape index (κ2) is 10.1. The molecule has 0 bridgehead atoms. The molecule has 0 atom stereocenters. The average Bonchev–Trinajstić information content (AvgIpc) is 3.07. The van der Waals surface area contributed by atoms with E-state index in [4.69, 9.17) is 4.42 Å². The van der Waals surface area contributed by atoms with Gasteiger partial charge >= 0.3 is 0 Å². The van der Waals surface area contributed by atoms with Gasteiger partial charge in [0.25, 0.3) is 0 Å². The van der Waals surface area contributed by atoms with Gasteiger partial charge in [-0.05, 0) is 49.1 Å². The minimum atomic E-state index is 0. The first-order valence-electron chi connectivity index (χ1n) is 8.90. The number of furan rings is 1. The summed E-state index contributed by atoms with van der Waals surface area (Å²) >= 11 is 0. The normalized spacial score (nSPS) is 21.3. The SMILES string of the molecule is C(=CP(C1CCCCC1)C1CCCCC1)Cc1ccco1.[Pd]. The van der Waals surface area contributed by atoms with E-state index in [1.165, 1.54) is 64.2 Å². The van der Waals surface area contributed by atoms with Gasteiger partial charge in [-0.25, -0.2) is 0 Å². The summed E-state index contributed by atoms with van der Waals surface area (Å²) in [6, 6.07) is 4.09. The van der Waals surface area contributed by atoms with Crippen molar-refractivity contribution in [2.24, 2.45) is 0 Å². The first-order chi connectivity index (χ1) is 10.4. The molecule has 2 aliphatic carbocycles. The van der Waals surface area contributed by atoms with Crippen LogP contribution in [0.3, 0.4) is 0 Å². The van der Waals surface area contributed by atoms with E-state index in [1.54, 1.807) is 6.26 Å². The molecule has 3 heteroatoms. The van der Waals surface area contributed by atoms with E-state index in [2.05, 4.69) is 18.0 Å². The van der Waals surface area contributed by atoms with Crippen LogP contribution in [0, 0.1) is 0 Å². The largest absolute Gasteiger partial charge is 0.469 e. The van der Waals surface area contributed by atoms with Crippen molar-refractivity contribution in [1.29, 1.82) is 0 Å². The van der Waals surface area contributed by atoms with E-state index in [-0.39, 0.29) is 28.3 Å². The van der Waals surface area contributed by atoms with Crippen molar-refractivity contribution in [3.05, 3.63) is 36.0 Å². The van der Waals surface area contributed by atoms with E-state index < -0.39 is 0 Å². The van der Waals surface area contributed by atoms with Gasteiger partial charge in [0, 0.05) is 26.8 Å². The molecule has 1 nitrogen and oxygen atoms in total. The Hall–Kier alpha value is 0.112. The van der Waals surface area contributed by atoms with Crippen LogP contribution in [0.2, 0.25) is 0 Å². The zero-order chi connectivity index (χ0) is 14.3. The minimum absolute atomic E-state index is 0. The Morgan fingerprint density at radius 2 is 1.55 bits per heavy atom. The third kappa shape index (κ3) is 5.33. The Balaban J connectivity index is 0.00000176. The topological polar surface area (TPSA) is 13.1 Å². The van der Waals surface area contributed by atoms with Crippen LogP contribution in [0.15, 0.2) is 34.7 Å². The van der Waals surface area contributed by atoms with Gasteiger partial charge in [0.1, 0.15) is 5.76 Å². The summed E-state index contributed by atoms with van der Waals surface area (Å²) in [6.45, 7) is 0. The zero-order valence-electron chi connectivity index (χ0n) is 13.5. The summed E-state index contributed by atoms with van der Waals surface area (Å²) in [5.41, 5.74) is 2.04. The number of hydrogen-bond donors (Lipinski definition) is 0. The van der Waals surface area contributed by atoms with Crippen molar-refractivity contribution >= 4 is 7.92 Å². The molecule has 0 saturated heterocycles. The van der Waals surface area contributed by atoms with Crippen molar-refractivity contribution in [2.45, 2.75) is 81.9 Å². The van der Waals surface area contributed by atoms with E-state index in [0.29, 0.717) is 0 Å².